The Morgan fingerprint density at radius 1 is 1.17 bits per heavy atom. The summed E-state index contributed by atoms with van der Waals surface area (Å²) in [6, 6.07) is 13.6. The quantitative estimate of drug-likeness (QED) is 0.458. The number of amidine groups is 1. The van der Waals surface area contributed by atoms with Crippen LogP contribution < -0.4 is 14.5 Å². The van der Waals surface area contributed by atoms with Gasteiger partial charge >= 0.3 is 6.61 Å². The predicted molar refractivity (Wildman–Crippen MR) is 119 cm³/mol. The summed E-state index contributed by atoms with van der Waals surface area (Å²) in [5.74, 6) is 0.301. The molecule has 0 radical (unpaired) electrons. The second-order valence-electron chi connectivity index (χ2n) is 6.52. The van der Waals surface area contributed by atoms with E-state index in [0.29, 0.717) is 22.3 Å². The first-order valence-electron chi connectivity index (χ1n) is 9.10. The maximum absolute atomic E-state index is 13.1. The highest BCUT2D eigenvalue weighted by Crippen LogP contribution is 2.31. The van der Waals surface area contributed by atoms with Crippen LogP contribution in [-0.4, -0.2) is 37.5 Å². The largest absolute Gasteiger partial charge is 0.435 e. The summed E-state index contributed by atoms with van der Waals surface area (Å²) in [5, 5.41) is 0.499. The van der Waals surface area contributed by atoms with Crippen molar-refractivity contribution in [1.82, 2.24) is 0 Å². The number of aliphatic imine (C=N–C) groups is 1. The number of thioether (sulfide) groups is 1. The molecule has 2 aromatic carbocycles. The number of benzene rings is 2. The second-order valence-corrected chi connectivity index (χ2v) is 7.51. The molecule has 2 aromatic rings. The molecule has 0 saturated heterocycles. The third kappa shape index (κ3) is 5.07. The number of rotatable bonds is 7. The maximum Gasteiger partial charge on any atom is 0.387 e. The van der Waals surface area contributed by atoms with E-state index in [4.69, 9.17) is 0 Å². The van der Waals surface area contributed by atoms with Crippen LogP contribution in [-0.2, 0) is 4.79 Å². The van der Waals surface area contributed by atoms with Crippen molar-refractivity contribution < 1.29 is 18.3 Å². The molecule has 0 N–H and O–H groups in total. The molecule has 0 spiro atoms. The van der Waals surface area contributed by atoms with Crippen molar-refractivity contribution in [2.75, 3.05) is 29.6 Å². The first-order chi connectivity index (χ1) is 14.4. The van der Waals surface area contributed by atoms with Gasteiger partial charge in [0, 0.05) is 25.5 Å². The van der Waals surface area contributed by atoms with Gasteiger partial charge in [-0.05, 0) is 48.0 Å². The smallest absolute Gasteiger partial charge is 0.387 e. The van der Waals surface area contributed by atoms with Gasteiger partial charge in [0.2, 0.25) is 0 Å². The van der Waals surface area contributed by atoms with Crippen molar-refractivity contribution >= 4 is 40.3 Å². The summed E-state index contributed by atoms with van der Waals surface area (Å²) < 4.78 is 29.1. The monoisotopic (exact) mass is 429 g/mol. The molecule has 30 heavy (non-hydrogen) atoms. The molecule has 3 rings (SSSR count). The van der Waals surface area contributed by atoms with Gasteiger partial charge in [-0.3, -0.25) is 9.69 Å². The van der Waals surface area contributed by atoms with Crippen LogP contribution in [0.5, 0.6) is 5.75 Å². The summed E-state index contributed by atoms with van der Waals surface area (Å²) >= 11 is 1.36. The summed E-state index contributed by atoms with van der Waals surface area (Å²) in [7, 11) is 3.91. The van der Waals surface area contributed by atoms with Crippen LogP contribution in [0.2, 0.25) is 0 Å². The number of carbonyl (C=O) groups excluding carboxylic acids is 1. The van der Waals surface area contributed by atoms with E-state index in [2.05, 4.69) is 16.3 Å². The number of nitrogens with zero attached hydrogens (tertiary/aromatic N) is 3. The SMILES string of the molecule is C=CCSC1=NC(=Cc2ccc(N(C)C)cc2)C(=O)N1c1ccc(OC(F)F)cc1. The number of hydrogen-bond acceptors (Lipinski definition) is 5. The van der Waals surface area contributed by atoms with Crippen molar-refractivity contribution in [1.29, 1.82) is 0 Å². The Balaban J connectivity index is 1.89. The number of anilines is 2. The highest BCUT2D eigenvalue weighted by Gasteiger charge is 2.31. The minimum Gasteiger partial charge on any atom is -0.435 e. The van der Waals surface area contributed by atoms with E-state index < -0.39 is 6.61 Å². The summed E-state index contributed by atoms with van der Waals surface area (Å²) in [6.45, 7) is 0.797. The molecule has 0 aliphatic carbocycles. The number of alkyl halides is 2. The van der Waals surface area contributed by atoms with E-state index in [1.807, 2.05) is 43.3 Å². The maximum atomic E-state index is 13.1. The highest BCUT2D eigenvalue weighted by molar-refractivity contribution is 8.14. The third-order valence-corrected chi connectivity index (χ3v) is 5.13. The minimum atomic E-state index is -2.90. The molecule has 0 atom stereocenters. The van der Waals surface area contributed by atoms with Crippen LogP contribution >= 0.6 is 11.8 Å². The Morgan fingerprint density at radius 3 is 2.40 bits per heavy atom. The van der Waals surface area contributed by atoms with Gasteiger partial charge in [0.25, 0.3) is 5.91 Å². The van der Waals surface area contributed by atoms with Crippen LogP contribution in [0.4, 0.5) is 20.2 Å². The third-order valence-electron chi connectivity index (χ3n) is 4.19. The van der Waals surface area contributed by atoms with Crippen molar-refractivity contribution in [3.8, 4) is 5.75 Å². The lowest BCUT2D eigenvalue weighted by atomic mass is 10.1. The van der Waals surface area contributed by atoms with Gasteiger partial charge in [0.15, 0.2) is 5.17 Å². The van der Waals surface area contributed by atoms with Gasteiger partial charge in [-0.25, -0.2) is 4.99 Å². The Hall–Kier alpha value is -3.13. The molecular weight excluding hydrogens is 408 g/mol. The molecule has 0 unspecified atom stereocenters. The predicted octanol–water partition coefficient (Wildman–Crippen LogP) is 5.02. The molecule has 156 valence electrons. The molecule has 0 fully saturated rings. The van der Waals surface area contributed by atoms with Crippen LogP contribution in [0.25, 0.3) is 6.08 Å². The second kappa shape index (κ2) is 9.58. The van der Waals surface area contributed by atoms with Gasteiger partial charge in [0.05, 0.1) is 5.69 Å². The summed E-state index contributed by atoms with van der Waals surface area (Å²) in [5.41, 5.74) is 2.71. The first kappa shape index (κ1) is 21.6. The average Bonchev–Trinajstić information content (AvgIpc) is 3.02. The minimum absolute atomic E-state index is 0.0226. The van der Waals surface area contributed by atoms with Crippen LogP contribution in [0.3, 0.4) is 0 Å². The zero-order chi connectivity index (χ0) is 21.7. The first-order valence-corrected chi connectivity index (χ1v) is 10.1. The van der Waals surface area contributed by atoms with Gasteiger partial charge in [0.1, 0.15) is 11.4 Å². The fraction of sp³-hybridized carbons (Fsp3) is 0.182. The fourth-order valence-corrected chi connectivity index (χ4v) is 3.50. The molecule has 5 nitrogen and oxygen atoms in total. The molecule has 0 saturated carbocycles. The molecule has 8 heteroatoms. The van der Waals surface area contributed by atoms with E-state index in [0.717, 1.165) is 11.3 Å². The fourth-order valence-electron chi connectivity index (χ4n) is 2.76. The zero-order valence-corrected chi connectivity index (χ0v) is 17.4. The van der Waals surface area contributed by atoms with Gasteiger partial charge in [-0.15, -0.1) is 6.58 Å². The number of amides is 1. The molecule has 1 aliphatic heterocycles. The molecule has 1 aliphatic rings. The normalized spacial score (nSPS) is 15.0. The lowest BCUT2D eigenvalue weighted by Gasteiger charge is -2.18. The zero-order valence-electron chi connectivity index (χ0n) is 16.6. The van der Waals surface area contributed by atoms with E-state index in [1.54, 1.807) is 24.3 Å². The van der Waals surface area contributed by atoms with Crippen LogP contribution in [0, 0.1) is 0 Å². The molecule has 1 heterocycles. The van der Waals surface area contributed by atoms with Gasteiger partial charge in [-0.1, -0.05) is 30.0 Å². The Bertz CT molecular complexity index is 971. The summed E-state index contributed by atoms with van der Waals surface area (Å²) in [4.78, 5) is 21.0. The Morgan fingerprint density at radius 2 is 1.83 bits per heavy atom. The van der Waals surface area contributed by atoms with E-state index in [9.17, 15) is 13.6 Å². The van der Waals surface area contributed by atoms with Gasteiger partial charge in [-0.2, -0.15) is 8.78 Å². The Labute approximate surface area is 178 Å². The van der Waals surface area contributed by atoms with E-state index >= 15 is 0 Å². The molecule has 0 aromatic heterocycles. The van der Waals surface area contributed by atoms with E-state index in [1.165, 1.54) is 28.8 Å². The van der Waals surface area contributed by atoms with Gasteiger partial charge < -0.3 is 9.64 Å². The number of hydrogen-bond donors (Lipinski definition) is 0. The molecule has 1 amide bonds. The average molecular weight is 429 g/mol. The Kier molecular flexibility index (Phi) is 6.89. The standard InChI is InChI=1S/C22H21F2N3O2S/c1-4-13-30-22-25-19(14-15-5-7-16(8-6-15)26(2)3)20(28)27(22)17-9-11-18(12-10-17)29-21(23)24/h4-12,14,21H,1,13H2,2-3H3. The van der Waals surface area contributed by atoms with Crippen molar-refractivity contribution in [3.63, 3.8) is 0 Å². The van der Waals surface area contributed by atoms with Crippen molar-refractivity contribution in [2.24, 2.45) is 4.99 Å². The van der Waals surface area contributed by atoms with Crippen LogP contribution in [0.1, 0.15) is 5.56 Å². The number of carbonyl (C=O) groups is 1. The molecule has 0 bridgehead atoms. The lowest BCUT2D eigenvalue weighted by Crippen LogP contribution is -2.30. The molecular formula is C22H21F2N3O2S. The van der Waals surface area contributed by atoms with Crippen LogP contribution in [0.15, 0.2) is 71.9 Å². The number of ether oxygens (including phenoxy) is 1. The van der Waals surface area contributed by atoms with Crippen molar-refractivity contribution in [3.05, 3.63) is 72.4 Å². The topological polar surface area (TPSA) is 45.1 Å². The number of halogens is 2. The van der Waals surface area contributed by atoms with E-state index in [-0.39, 0.29) is 11.7 Å². The summed E-state index contributed by atoms with van der Waals surface area (Å²) in [6.07, 6.45) is 3.45. The van der Waals surface area contributed by atoms with Crippen molar-refractivity contribution in [2.45, 2.75) is 6.61 Å². The highest BCUT2D eigenvalue weighted by atomic mass is 32.2. The lowest BCUT2D eigenvalue weighted by molar-refractivity contribution is -0.113.